The Kier molecular flexibility index (Phi) is 4.92. The topological polar surface area (TPSA) is 32.8 Å². The van der Waals surface area contributed by atoms with Gasteiger partial charge in [-0.2, -0.15) is 0 Å². The monoisotopic (exact) mass is 364 g/mol. The minimum absolute atomic E-state index is 0.0950. The second-order valence-corrected chi connectivity index (χ2v) is 7.90. The molecular formula is C23H28N2O2. The maximum absolute atomic E-state index is 12.1. The van der Waals surface area contributed by atoms with E-state index in [9.17, 15) is 4.79 Å². The first-order valence-corrected chi connectivity index (χ1v) is 9.79. The van der Waals surface area contributed by atoms with Crippen LogP contribution in [0.4, 0.5) is 0 Å². The van der Waals surface area contributed by atoms with Gasteiger partial charge in [0.05, 0.1) is 7.11 Å². The minimum atomic E-state index is 0.0950. The number of methoxy groups -OCH3 is 1. The molecule has 2 aliphatic rings. The van der Waals surface area contributed by atoms with Crippen LogP contribution in [0.3, 0.4) is 0 Å². The molecule has 0 bridgehead atoms. The van der Waals surface area contributed by atoms with Crippen LogP contribution in [-0.4, -0.2) is 42.5 Å². The lowest BCUT2D eigenvalue weighted by atomic mass is 9.69. The van der Waals surface area contributed by atoms with Crippen molar-refractivity contribution >= 4 is 5.91 Å². The molecule has 27 heavy (non-hydrogen) atoms. The Morgan fingerprint density at radius 2 is 1.78 bits per heavy atom. The molecule has 4 nitrogen and oxygen atoms in total. The molecule has 2 aromatic rings. The van der Waals surface area contributed by atoms with E-state index in [1.165, 1.54) is 16.7 Å². The van der Waals surface area contributed by atoms with Crippen LogP contribution >= 0.6 is 0 Å². The van der Waals surface area contributed by atoms with Crippen molar-refractivity contribution in [1.29, 1.82) is 0 Å². The van der Waals surface area contributed by atoms with Crippen molar-refractivity contribution in [3.63, 3.8) is 0 Å². The highest BCUT2D eigenvalue weighted by molar-refractivity contribution is 5.74. The van der Waals surface area contributed by atoms with Crippen LogP contribution < -0.4 is 4.74 Å². The summed E-state index contributed by atoms with van der Waals surface area (Å²) in [5.41, 5.74) is 4.11. The van der Waals surface area contributed by atoms with Gasteiger partial charge in [-0.05, 0) is 43.1 Å². The van der Waals surface area contributed by atoms with Crippen molar-refractivity contribution < 1.29 is 9.53 Å². The molecule has 4 heteroatoms. The van der Waals surface area contributed by atoms with Crippen molar-refractivity contribution in [2.24, 2.45) is 0 Å². The zero-order chi connectivity index (χ0) is 18.9. The summed E-state index contributed by atoms with van der Waals surface area (Å²) in [6.07, 6.45) is 2.17. The van der Waals surface area contributed by atoms with Gasteiger partial charge in [-0.25, -0.2) is 0 Å². The number of hydrogen-bond acceptors (Lipinski definition) is 3. The number of ether oxygens (including phenoxy) is 1. The van der Waals surface area contributed by atoms with Crippen LogP contribution in [0.2, 0.25) is 0 Å². The van der Waals surface area contributed by atoms with Crippen LogP contribution in [0.5, 0.6) is 5.75 Å². The summed E-state index contributed by atoms with van der Waals surface area (Å²) in [4.78, 5) is 16.7. The molecule has 2 aliphatic heterocycles. The number of hydrogen-bond donors (Lipinski definition) is 0. The Morgan fingerprint density at radius 1 is 1.07 bits per heavy atom. The van der Waals surface area contributed by atoms with E-state index in [0.29, 0.717) is 0 Å². The third-order valence-corrected chi connectivity index (χ3v) is 6.29. The van der Waals surface area contributed by atoms with Gasteiger partial charge in [0.1, 0.15) is 5.75 Å². The van der Waals surface area contributed by atoms with E-state index in [1.54, 1.807) is 14.0 Å². The summed E-state index contributed by atoms with van der Waals surface area (Å²) >= 11 is 0. The number of nitrogens with zero attached hydrogens (tertiary/aromatic N) is 2. The van der Waals surface area contributed by atoms with Crippen LogP contribution in [0.15, 0.2) is 48.5 Å². The zero-order valence-electron chi connectivity index (χ0n) is 16.3. The van der Waals surface area contributed by atoms with E-state index in [0.717, 1.165) is 51.3 Å². The predicted octanol–water partition coefficient (Wildman–Crippen LogP) is 3.59. The number of fused-ring (bicyclic) bond motifs is 2. The van der Waals surface area contributed by atoms with Crippen molar-refractivity contribution in [1.82, 2.24) is 9.80 Å². The van der Waals surface area contributed by atoms with Crippen LogP contribution in [0.25, 0.3) is 0 Å². The lowest BCUT2D eigenvalue weighted by Gasteiger charge is -2.48. The molecule has 4 rings (SSSR count). The Bertz CT molecular complexity index is 825. The normalized spacial score (nSPS) is 19.0. The molecule has 2 aromatic carbocycles. The van der Waals surface area contributed by atoms with Gasteiger partial charge in [0.15, 0.2) is 0 Å². The fraction of sp³-hybridized carbons (Fsp3) is 0.435. The second kappa shape index (κ2) is 7.35. The molecule has 0 saturated carbocycles. The number of likely N-dealkylation sites (tertiary alicyclic amines) is 1. The SMILES string of the molecule is COc1ccccc1CN1CCC2(CC1)CN(C(C)=O)Cc1ccccc12. The molecule has 0 radical (unpaired) electrons. The highest BCUT2D eigenvalue weighted by Gasteiger charge is 2.42. The van der Waals surface area contributed by atoms with Crippen molar-refractivity contribution in [2.75, 3.05) is 26.7 Å². The van der Waals surface area contributed by atoms with Gasteiger partial charge in [0.2, 0.25) is 5.91 Å². The zero-order valence-corrected chi connectivity index (χ0v) is 16.3. The highest BCUT2D eigenvalue weighted by Crippen LogP contribution is 2.42. The molecule has 0 N–H and O–H groups in total. The number of piperidine rings is 1. The van der Waals surface area contributed by atoms with Crippen molar-refractivity contribution in [2.45, 2.75) is 38.3 Å². The van der Waals surface area contributed by atoms with Gasteiger partial charge in [-0.1, -0.05) is 42.5 Å². The maximum Gasteiger partial charge on any atom is 0.219 e. The molecule has 0 aromatic heterocycles. The van der Waals surface area contributed by atoms with Crippen LogP contribution in [0, 0.1) is 0 Å². The van der Waals surface area contributed by atoms with E-state index in [-0.39, 0.29) is 11.3 Å². The largest absolute Gasteiger partial charge is 0.496 e. The summed E-state index contributed by atoms with van der Waals surface area (Å²) in [7, 11) is 1.74. The van der Waals surface area contributed by atoms with E-state index in [4.69, 9.17) is 4.74 Å². The standard InChI is InChI=1S/C23H28N2O2/c1-18(26)25-16-19-7-3-5-9-21(19)23(17-25)11-13-24(14-12-23)15-20-8-4-6-10-22(20)27-2/h3-10H,11-17H2,1-2H3. The van der Waals surface area contributed by atoms with Crippen LogP contribution in [0.1, 0.15) is 36.5 Å². The molecule has 1 fully saturated rings. The Labute approximate surface area is 161 Å². The molecule has 1 amide bonds. The van der Waals surface area contributed by atoms with Crippen molar-refractivity contribution in [3.8, 4) is 5.75 Å². The number of rotatable bonds is 3. The van der Waals surface area contributed by atoms with Gasteiger partial charge in [0.25, 0.3) is 0 Å². The molecule has 2 heterocycles. The lowest BCUT2D eigenvalue weighted by molar-refractivity contribution is -0.131. The fourth-order valence-corrected chi connectivity index (χ4v) is 4.75. The predicted molar refractivity (Wildman–Crippen MR) is 107 cm³/mol. The van der Waals surface area contributed by atoms with Gasteiger partial charge >= 0.3 is 0 Å². The van der Waals surface area contributed by atoms with Crippen LogP contribution in [-0.2, 0) is 23.3 Å². The van der Waals surface area contributed by atoms with Gasteiger partial charge in [0, 0.05) is 37.5 Å². The molecule has 142 valence electrons. The second-order valence-electron chi connectivity index (χ2n) is 7.90. The number of benzene rings is 2. The quantitative estimate of drug-likeness (QED) is 0.834. The Balaban J connectivity index is 1.53. The first-order valence-electron chi connectivity index (χ1n) is 9.79. The number of amides is 1. The Morgan fingerprint density at radius 3 is 2.52 bits per heavy atom. The number of carbonyl (C=O) groups excluding carboxylic acids is 1. The molecular weight excluding hydrogens is 336 g/mol. The van der Waals surface area contributed by atoms with E-state index < -0.39 is 0 Å². The maximum atomic E-state index is 12.1. The summed E-state index contributed by atoms with van der Waals surface area (Å²) < 4.78 is 5.51. The molecule has 1 spiro atoms. The smallest absolute Gasteiger partial charge is 0.219 e. The lowest BCUT2D eigenvalue weighted by Crippen LogP contribution is -2.52. The molecule has 0 aliphatic carbocycles. The number of para-hydroxylation sites is 1. The van der Waals surface area contributed by atoms with Gasteiger partial charge in [-0.3, -0.25) is 9.69 Å². The first kappa shape index (κ1) is 18.1. The van der Waals surface area contributed by atoms with Gasteiger partial charge in [-0.15, -0.1) is 0 Å². The summed E-state index contributed by atoms with van der Waals surface area (Å²) in [5.74, 6) is 1.14. The first-order chi connectivity index (χ1) is 13.1. The average Bonchev–Trinajstić information content (AvgIpc) is 2.70. The minimum Gasteiger partial charge on any atom is -0.496 e. The summed E-state index contributed by atoms with van der Waals surface area (Å²) in [6, 6.07) is 17.0. The summed E-state index contributed by atoms with van der Waals surface area (Å²) in [5, 5.41) is 0. The highest BCUT2D eigenvalue weighted by atomic mass is 16.5. The summed E-state index contributed by atoms with van der Waals surface area (Å²) in [6.45, 7) is 6.28. The van der Waals surface area contributed by atoms with E-state index in [2.05, 4.69) is 41.3 Å². The molecule has 1 saturated heterocycles. The third-order valence-electron chi connectivity index (χ3n) is 6.29. The third kappa shape index (κ3) is 3.46. The Hall–Kier alpha value is -2.33. The van der Waals surface area contributed by atoms with Gasteiger partial charge < -0.3 is 9.64 Å². The molecule has 0 atom stereocenters. The van der Waals surface area contributed by atoms with E-state index in [1.807, 2.05) is 17.0 Å². The van der Waals surface area contributed by atoms with E-state index >= 15 is 0 Å². The number of carbonyl (C=O) groups is 1. The van der Waals surface area contributed by atoms with Crippen molar-refractivity contribution in [3.05, 3.63) is 65.2 Å². The molecule has 0 unspecified atom stereocenters. The average molecular weight is 364 g/mol. The fourth-order valence-electron chi connectivity index (χ4n) is 4.75.